The quantitative estimate of drug-likeness (QED) is 0.514. The van der Waals surface area contributed by atoms with Crippen LogP contribution in [0.25, 0.3) is 17.1 Å². The summed E-state index contributed by atoms with van der Waals surface area (Å²) in [6, 6.07) is 20.5. The van der Waals surface area contributed by atoms with Crippen molar-refractivity contribution >= 4 is 17.7 Å². The number of carbonyl (C=O) groups is 1. The zero-order valence-corrected chi connectivity index (χ0v) is 18.4. The van der Waals surface area contributed by atoms with Gasteiger partial charge < -0.3 is 4.90 Å². The number of amides is 1. The number of likely N-dealkylation sites (tertiary alicyclic amines) is 1. The van der Waals surface area contributed by atoms with E-state index in [0.29, 0.717) is 6.04 Å². The summed E-state index contributed by atoms with van der Waals surface area (Å²) >= 11 is 1.49. The van der Waals surface area contributed by atoms with Gasteiger partial charge in [0.1, 0.15) is 0 Å². The smallest absolute Gasteiger partial charge is 0.236 e. The Bertz CT molecular complexity index is 973. The summed E-state index contributed by atoms with van der Waals surface area (Å²) in [4.78, 5) is 15.3. The summed E-state index contributed by atoms with van der Waals surface area (Å²) in [6.07, 6.45) is 4.43. The fourth-order valence-corrected chi connectivity index (χ4v) is 5.03. The maximum absolute atomic E-state index is 13.2. The first kappa shape index (κ1) is 20.7. The average molecular weight is 421 g/mol. The zero-order valence-electron chi connectivity index (χ0n) is 17.6. The Labute approximate surface area is 182 Å². The van der Waals surface area contributed by atoms with Crippen molar-refractivity contribution in [2.75, 3.05) is 6.54 Å². The average Bonchev–Trinajstić information content (AvgIpc) is 3.23. The molecule has 0 saturated carbocycles. The standard InChI is InChI=1S/C24H28N4OS/c1-3-20-14-10-11-17-27(20)23(29)18(2)30-24-26-25-22(19-12-6-4-7-13-19)28(24)21-15-8-5-9-16-21/h4-9,12-13,15-16,18,20H,3,10-11,14,17H2,1-2H3. The third-order valence-electron chi connectivity index (χ3n) is 5.69. The van der Waals surface area contributed by atoms with Crippen LogP contribution in [-0.2, 0) is 4.79 Å². The van der Waals surface area contributed by atoms with E-state index in [4.69, 9.17) is 0 Å². The molecule has 1 aliphatic heterocycles. The molecule has 0 aliphatic carbocycles. The Balaban J connectivity index is 1.64. The highest BCUT2D eigenvalue weighted by atomic mass is 32.2. The van der Waals surface area contributed by atoms with Gasteiger partial charge in [0.2, 0.25) is 5.91 Å². The Hall–Kier alpha value is -2.60. The fourth-order valence-electron chi connectivity index (χ4n) is 4.09. The molecule has 0 bridgehead atoms. The molecule has 2 aromatic carbocycles. The van der Waals surface area contributed by atoms with Crippen molar-refractivity contribution < 1.29 is 4.79 Å². The summed E-state index contributed by atoms with van der Waals surface area (Å²) in [5, 5.41) is 9.49. The minimum atomic E-state index is -0.215. The molecule has 1 aromatic heterocycles. The van der Waals surface area contributed by atoms with Gasteiger partial charge in [-0.05, 0) is 44.7 Å². The van der Waals surface area contributed by atoms with Gasteiger partial charge in [0.05, 0.1) is 5.25 Å². The highest BCUT2D eigenvalue weighted by Crippen LogP contribution is 2.31. The van der Waals surface area contributed by atoms with E-state index in [2.05, 4.69) is 26.6 Å². The first-order chi connectivity index (χ1) is 14.7. The lowest BCUT2D eigenvalue weighted by Crippen LogP contribution is -2.46. The van der Waals surface area contributed by atoms with Crippen LogP contribution in [0.4, 0.5) is 0 Å². The summed E-state index contributed by atoms with van der Waals surface area (Å²) in [6.45, 7) is 5.02. The van der Waals surface area contributed by atoms with Crippen LogP contribution in [0.2, 0.25) is 0 Å². The molecule has 1 fully saturated rings. The zero-order chi connectivity index (χ0) is 20.9. The molecular formula is C24H28N4OS. The highest BCUT2D eigenvalue weighted by Gasteiger charge is 2.30. The molecule has 0 spiro atoms. The molecule has 4 rings (SSSR count). The van der Waals surface area contributed by atoms with E-state index in [1.165, 1.54) is 18.2 Å². The summed E-state index contributed by atoms with van der Waals surface area (Å²) in [7, 11) is 0. The van der Waals surface area contributed by atoms with E-state index < -0.39 is 0 Å². The predicted octanol–water partition coefficient (Wildman–Crippen LogP) is 5.21. The first-order valence-corrected chi connectivity index (χ1v) is 11.6. The number of hydrogen-bond acceptors (Lipinski definition) is 4. The minimum Gasteiger partial charge on any atom is -0.339 e. The molecule has 1 saturated heterocycles. The molecule has 156 valence electrons. The highest BCUT2D eigenvalue weighted by molar-refractivity contribution is 8.00. The van der Waals surface area contributed by atoms with Gasteiger partial charge in [0, 0.05) is 23.8 Å². The number of benzene rings is 2. The first-order valence-electron chi connectivity index (χ1n) is 10.7. The maximum Gasteiger partial charge on any atom is 0.236 e. The van der Waals surface area contributed by atoms with Gasteiger partial charge in [0.15, 0.2) is 11.0 Å². The lowest BCUT2D eigenvalue weighted by molar-refractivity contribution is -0.134. The Kier molecular flexibility index (Phi) is 6.53. The van der Waals surface area contributed by atoms with E-state index >= 15 is 0 Å². The number of thioether (sulfide) groups is 1. The number of para-hydroxylation sites is 1. The van der Waals surface area contributed by atoms with Crippen LogP contribution in [-0.4, -0.2) is 43.4 Å². The summed E-state index contributed by atoms with van der Waals surface area (Å²) in [5.41, 5.74) is 2.00. The topological polar surface area (TPSA) is 51.0 Å². The number of nitrogens with zero attached hydrogens (tertiary/aromatic N) is 4. The van der Waals surface area contributed by atoms with Gasteiger partial charge in [-0.1, -0.05) is 67.2 Å². The number of rotatable bonds is 6. The number of hydrogen-bond donors (Lipinski definition) is 0. The van der Waals surface area contributed by atoms with Crippen LogP contribution in [0.1, 0.15) is 39.5 Å². The van der Waals surface area contributed by atoms with Crippen LogP contribution in [0, 0.1) is 0 Å². The number of aromatic nitrogens is 3. The van der Waals surface area contributed by atoms with E-state index in [1.54, 1.807) is 0 Å². The Morgan fingerprint density at radius 3 is 2.47 bits per heavy atom. The van der Waals surface area contributed by atoms with Gasteiger partial charge in [-0.2, -0.15) is 0 Å². The minimum absolute atomic E-state index is 0.204. The van der Waals surface area contributed by atoms with Crippen molar-refractivity contribution in [3.05, 3.63) is 60.7 Å². The van der Waals surface area contributed by atoms with Crippen molar-refractivity contribution in [2.45, 2.75) is 56.0 Å². The molecule has 2 unspecified atom stereocenters. The molecule has 5 nitrogen and oxygen atoms in total. The molecule has 30 heavy (non-hydrogen) atoms. The van der Waals surface area contributed by atoms with Gasteiger partial charge in [-0.15, -0.1) is 10.2 Å². The fraction of sp³-hybridized carbons (Fsp3) is 0.375. The Morgan fingerprint density at radius 2 is 1.77 bits per heavy atom. The van der Waals surface area contributed by atoms with Crippen LogP contribution in [0.5, 0.6) is 0 Å². The van der Waals surface area contributed by atoms with Crippen molar-refractivity contribution in [1.29, 1.82) is 0 Å². The van der Waals surface area contributed by atoms with Gasteiger partial charge in [0.25, 0.3) is 0 Å². The normalized spacial score (nSPS) is 17.7. The van der Waals surface area contributed by atoms with Crippen LogP contribution < -0.4 is 0 Å². The predicted molar refractivity (Wildman–Crippen MR) is 122 cm³/mol. The molecule has 2 atom stereocenters. The van der Waals surface area contributed by atoms with Crippen LogP contribution >= 0.6 is 11.8 Å². The lowest BCUT2D eigenvalue weighted by atomic mass is 10.00. The molecule has 0 N–H and O–H groups in total. The second-order valence-electron chi connectivity index (χ2n) is 7.69. The van der Waals surface area contributed by atoms with Gasteiger partial charge >= 0.3 is 0 Å². The van der Waals surface area contributed by atoms with Crippen LogP contribution in [0.15, 0.2) is 65.8 Å². The number of piperidine rings is 1. The monoisotopic (exact) mass is 420 g/mol. The molecule has 0 radical (unpaired) electrons. The second-order valence-corrected chi connectivity index (χ2v) is 9.00. The molecule has 2 heterocycles. The van der Waals surface area contributed by atoms with E-state index in [9.17, 15) is 4.79 Å². The molecule has 1 aliphatic rings. The van der Waals surface area contributed by atoms with E-state index in [-0.39, 0.29) is 11.2 Å². The number of carbonyl (C=O) groups excluding carboxylic acids is 1. The van der Waals surface area contributed by atoms with Gasteiger partial charge in [-0.3, -0.25) is 9.36 Å². The van der Waals surface area contributed by atoms with Crippen molar-refractivity contribution in [2.24, 2.45) is 0 Å². The summed E-state index contributed by atoms with van der Waals surface area (Å²) < 4.78 is 2.05. The largest absolute Gasteiger partial charge is 0.339 e. The summed E-state index contributed by atoms with van der Waals surface area (Å²) in [5.74, 6) is 0.990. The van der Waals surface area contributed by atoms with Crippen molar-refractivity contribution in [1.82, 2.24) is 19.7 Å². The SMILES string of the molecule is CCC1CCCCN1C(=O)C(C)Sc1nnc(-c2ccccc2)n1-c1ccccc1. The second kappa shape index (κ2) is 9.47. The Morgan fingerprint density at radius 1 is 1.07 bits per heavy atom. The van der Waals surface area contributed by atoms with Crippen molar-refractivity contribution in [3.63, 3.8) is 0 Å². The molecular weight excluding hydrogens is 392 g/mol. The maximum atomic E-state index is 13.2. The van der Waals surface area contributed by atoms with Crippen molar-refractivity contribution in [3.8, 4) is 17.1 Å². The lowest BCUT2D eigenvalue weighted by Gasteiger charge is -2.36. The molecule has 3 aromatic rings. The third kappa shape index (κ3) is 4.29. The molecule has 6 heteroatoms. The van der Waals surface area contributed by atoms with E-state index in [0.717, 1.165) is 48.0 Å². The van der Waals surface area contributed by atoms with Gasteiger partial charge in [-0.25, -0.2) is 0 Å². The van der Waals surface area contributed by atoms with Crippen LogP contribution in [0.3, 0.4) is 0 Å². The molecule has 1 amide bonds. The van der Waals surface area contributed by atoms with E-state index in [1.807, 2.05) is 67.6 Å². The third-order valence-corrected chi connectivity index (χ3v) is 6.72.